The van der Waals surface area contributed by atoms with Gasteiger partial charge in [0.2, 0.25) is 0 Å². The van der Waals surface area contributed by atoms with Crippen molar-refractivity contribution in [3.8, 4) is 0 Å². The SMILES string of the molecule is C[C@H]1CC=C(C[C@H]2OC(C)(C)OC[C@@H]2CO[Si](C)(C)C(C)(C)C)CC1. The minimum absolute atomic E-state index is 0.202. The Bertz CT molecular complexity index is 476. The van der Waals surface area contributed by atoms with E-state index in [2.05, 4.69) is 46.9 Å². The molecule has 0 radical (unpaired) electrons. The average Bonchev–Trinajstić information content (AvgIpc) is 2.47. The highest BCUT2D eigenvalue weighted by Crippen LogP contribution is 2.38. The standard InChI is InChI=1S/C21H40O3Si/c1-16-9-11-17(12-10-16)13-19-18(14-22-21(5,6)24-19)15-23-25(7,8)20(2,3)4/h11,16,18-19H,9-10,12-15H2,1-8H3/t16-,18+,19+/m0/s1. The molecular formula is C21H40O3Si. The van der Waals surface area contributed by atoms with E-state index in [1.54, 1.807) is 5.57 Å². The molecule has 0 aromatic rings. The number of ether oxygens (including phenoxy) is 2. The first-order chi connectivity index (χ1) is 11.4. The lowest BCUT2D eigenvalue weighted by molar-refractivity contribution is -0.295. The molecule has 2 aliphatic rings. The summed E-state index contributed by atoms with van der Waals surface area (Å²) < 4.78 is 18.8. The first kappa shape index (κ1) is 21.1. The summed E-state index contributed by atoms with van der Waals surface area (Å²) in [4.78, 5) is 0. The summed E-state index contributed by atoms with van der Waals surface area (Å²) in [7, 11) is -1.74. The first-order valence-corrected chi connectivity index (χ1v) is 12.9. The Morgan fingerprint density at radius 3 is 2.52 bits per heavy atom. The van der Waals surface area contributed by atoms with Crippen LogP contribution in [0.3, 0.4) is 0 Å². The maximum atomic E-state index is 6.50. The van der Waals surface area contributed by atoms with Crippen LogP contribution in [0.4, 0.5) is 0 Å². The Kier molecular flexibility index (Phi) is 6.62. The van der Waals surface area contributed by atoms with Gasteiger partial charge in [-0.25, -0.2) is 0 Å². The molecule has 0 saturated carbocycles. The number of hydrogen-bond acceptors (Lipinski definition) is 3. The van der Waals surface area contributed by atoms with Crippen molar-refractivity contribution in [1.29, 1.82) is 0 Å². The van der Waals surface area contributed by atoms with Crippen LogP contribution in [0, 0.1) is 11.8 Å². The van der Waals surface area contributed by atoms with Crippen LogP contribution >= 0.6 is 0 Å². The van der Waals surface area contributed by atoms with E-state index >= 15 is 0 Å². The van der Waals surface area contributed by atoms with E-state index in [0.717, 1.165) is 25.6 Å². The van der Waals surface area contributed by atoms with Gasteiger partial charge in [0.25, 0.3) is 0 Å². The molecule has 1 fully saturated rings. The molecule has 0 bridgehead atoms. The third kappa shape index (κ3) is 5.91. The van der Waals surface area contributed by atoms with Gasteiger partial charge in [-0.3, -0.25) is 0 Å². The molecule has 1 saturated heterocycles. The molecule has 0 aromatic carbocycles. The van der Waals surface area contributed by atoms with Crippen molar-refractivity contribution in [3.63, 3.8) is 0 Å². The van der Waals surface area contributed by atoms with Crippen molar-refractivity contribution in [2.45, 2.75) is 97.2 Å². The topological polar surface area (TPSA) is 27.7 Å². The summed E-state index contributed by atoms with van der Waals surface area (Å²) in [5.74, 6) is 0.664. The molecule has 0 spiro atoms. The lowest BCUT2D eigenvalue weighted by Gasteiger charge is -2.44. The maximum Gasteiger partial charge on any atom is 0.191 e. The zero-order valence-corrected chi connectivity index (χ0v) is 18.8. The van der Waals surface area contributed by atoms with Crippen LogP contribution in [-0.4, -0.2) is 33.4 Å². The molecule has 0 N–H and O–H groups in total. The number of hydrogen-bond donors (Lipinski definition) is 0. The largest absolute Gasteiger partial charge is 0.416 e. The summed E-state index contributed by atoms with van der Waals surface area (Å²) in [5, 5.41) is 0.236. The molecule has 3 atom stereocenters. The summed E-state index contributed by atoms with van der Waals surface area (Å²) in [5.41, 5.74) is 1.57. The van der Waals surface area contributed by atoms with Gasteiger partial charge in [-0.05, 0) is 63.6 Å². The molecule has 0 unspecified atom stereocenters. The molecule has 4 heteroatoms. The van der Waals surface area contributed by atoms with E-state index in [4.69, 9.17) is 13.9 Å². The maximum absolute atomic E-state index is 6.50. The van der Waals surface area contributed by atoms with Crippen molar-refractivity contribution in [2.24, 2.45) is 11.8 Å². The predicted octanol–water partition coefficient (Wildman–Crippen LogP) is 5.91. The Labute approximate surface area is 156 Å². The normalized spacial score (nSPS) is 30.9. The Morgan fingerprint density at radius 1 is 1.28 bits per heavy atom. The second kappa shape index (κ2) is 7.83. The minimum Gasteiger partial charge on any atom is -0.416 e. The van der Waals surface area contributed by atoms with Crippen LogP contribution in [0.25, 0.3) is 0 Å². The number of rotatable bonds is 5. The molecule has 1 aliphatic carbocycles. The summed E-state index contributed by atoms with van der Waals surface area (Å²) >= 11 is 0. The van der Waals surface area contributed by atoms with Gasteiger partial charge in [0, 0.05) is 12.5 Å². The summed E-state index contributed by atoms with van der Waals surface area (Å²) in [6.45, 7) is 19.4. The lowest BCUT2D eigenvalue weighted by Crippen LogP contribution is -2.49. The Morgan fingerprint density at radius 2 is 1.96 bits per heavy atom. The third-order valence-electron chi connectivity index (χ3n) is 6.30. The predicted molar refractivity (Wildman–Crippen MR) is 107 cm³/mol. The molecular weight excluding hydrogens is 328 g/mol. The summed E-state index contributed by atoms with van der Waals surface area (Å²) in [6, 6.07) is 0. The zero-order chi connectivity index (χ0) is 18.9. The van der Waals surface area contributed by atoms with E-state index in [9.17, 15) is 0 Å². The van der Waals surface area contributed by atoms with E-state index in [1.165, 1.54) is 19.3 Å². The Hall–Kier alpha value is -0.163. The van der Waals surface area contributed by atoms with Gasteiger partial charge in [-0.15, -0.1) is 0 Å². The van der Waals surface area contributed by atoms with Gasteiger partial charge in [0.1, 0.15) is 0 Å². The molecule has 3 nitrogen and oxygen atoms in total. The van der Waals surface area contributed by atoms with E-state index in [0.29, 0.717) is 5.92 Å². The molecule has 1 heterocycles. The second-order valence-corrected chi connectivity index (χ2v) is 15.0. The van der Waals surface area contributed by atoms with Gasteiger partial charge in [-0.2, -0.15) is 0 Å². The fourth-order valence-electron chi connectivity index (χ4n) is 3.27. The quantitative estimate of drug-likeness (QED) is 0.446. The smallest absolute Gasteiger partial charge is 0.191 e. The highest BCUT2D eigenvalue weighted by Gasteiger charge is 2.41. The van der Waals surface area contributed by atoms with Crippen LogP contribution < -0.4 is 0 Å². The zero-order valence-electron chi connectivity index (χ0n) is 17.8. The van der Waals surface area contributed by atoms with Gasteiger partial charge >= 0.3 is 0 Å². The monoisotopic (exact) mass is 368 g/mol. The second-order valence-electron chi connectivity index (χ2n) is 10.1. The van der Waals surface area contributed by atoms with Crippen LogP contribution in [-0.2, 0) is 13.9 Å². The van der Waals surface area contributed by atoms with Crippen LogP contribution in [0.2, 0.25) is 18.1 Å². The molecule has 0 amide bonds. The molecule has 146 valence electrons. The fraction of sp³-hybridized carbons (Fsp3) is 0.905. The van der Waals surface area contributed by atoms with Crippen molar-refractivity contribution >= 4 is 8.32 Å². The van der Waals surface area contributed by atoms with Gasteiger partial charge < -0.3 is 13.9 Å². The summed E-state index contributed by atoms with van der Waals surface area (Å²) in [6.07, 6.45) is 7.43. The minimum atomic E-state index is -1.74. The van der Waals surface area contributed by atoms with Crippen LogP contribution in [0.5, 0.6) is 0 Å². The molecule has 0 aromatic heterocycles. The fourth-order valence-corrected chi connectivity index (χ4v) is 4.33. The van der Waals surface area contributed by atoms with Crippen LogP contribution in [0.15, 0.2) is 11.6 Å². The van der Waals surface area contributed by atoms with E-state index < -0.39 is 14.1 Å². The van der Waals surface area contributed by atoms with Crippen molar-refractivity contribution in [2.75, 3.05) is 13.2 Å². The van der Waals surface area contributed by atoms with E-state index in [-0.39, 0.29) is 11.1 Å². The van der Waals surface area contributed by atoms with Crippen molar-refractivity contribution in [1.82, 2.24) is 0 Å². The lowest BCUT2D eigenvalue weighted by atomic mass is 9.86. The van der Waals surface area contributed by atoms with E-state index in [1.807, 2.05) is 13.8 Å². The van der Waals surface area contributed by atoms with Gasteiger partial charge in [-0.1, -0.05) is 39.3 Å². The number of allylic oxidation sites excluding steroid dienone is 1. The van der Waals surface area contributed by atoms with Crippen molar-refractivity contribution < 1.29 is 13.9 Å². The Balaban J connectivity index is 2.01. The molecule has 1 aliphatic heterocycles. The van der Waals surface area contributed by atoms with Crippen molar-refractivity contribution in [3.05, 3.63) is 11.6 Å². The first-order valence-electron chi connectivity index (χ1n) is 10.0. The third-order valence-corrected chi connectivity index (χ3v) is 10.8. The average molecular weight is 369 g/mol. The van der Waals surface area contributed by atoms with Gasteiger partial charge in [0.15, 0.2) is 14.1 Å². The molecule has 25 heavy (non-hydrogen) atoms. The molecule has 2 rings (SSSR count). The van der Waals surface area contributed by atoms with Crippen LogP contribution in [0.1, 0.15) is 67.2 Å². The van der Waals surface area contributed by atoms with Gasteiger partial charge in [0.05, 0.1) is 12.7 Å². The highest BCUT2D eigenvalue weighted by atomic mass is 28.4. The highest BCUT2D eigenvalue weighted by molar-refractivity contribution is 6.74.